The van der Waals surface area contributed by atoms with E-state index in [4.69, 9.17) is 4.74 Å². The number of anilines is 1. The van der Waals surface area contributed by atoms with Crippen molar-refractivity contribution in [1.82, 2.24) is 19.6 Å². The Kier molecular flexibility index (Phi) is 4.47. The van der Waals surface area contributed by atoms with E-state index in [2.05, 4.69) is 26.4 Å². The molecule has 0 atom stereocenters. The molecule has 0 saturated carbocycles. The first-order valence-corrected chi connectivity index (χ1v) is 8.46. The maximum Gasteiger partial charge on any atom is 0.154 e. The van der Waals surface area contributed by atoms with Gasteiger partial charge in [-0.25, -0.2) is 9.50 Å². The minimum atomic E-state index is 0.762. The predicted molar refractivity (Wildman–Crippen MR) is 101 cm³/mol. The molecule has 3 aromatic heterocycles. The van der Waals surface area contributed by atoms with Crippen LogP contribution in [0, 0.1) is 0 Å². The topological polar surface area (TPSA) is 64.3 Å². The van der Waals surface area contributed by atoms with Gasteiger partial charge in [-0.3, -0.25) is 4.98 Å². The summed E-state index contributed by atoms with van der Waals surface area (Å²) in [7, 11) is 1.70. The molecule has 130 valence electrons. The third-order valence-corrected chi connectivity index (χ3v) is 4.23. The Morgan fingerprint density at radius 3 is 2.73 bits per heavy atom. The van der Waals surface area contributed by atoms with Gasteiger partial charge in [-0.1, -0.05) is 18.2 Å². The molecule has 0 unspecified atom stereocenters. The van der Waals surface area contributed by atoms with Crippen molar-refractivity contribution in [2.45, 2.75) is 6.42 Å². The Balaban J connectivity index is 1.52. The van der Waals surface area contributed by atoms with Crippen LogP contribution < -0.4 is 10.1 Å². The van der Waals surface area contributed by atoms with Crippen molar-refractivity contribution in [3.63, 3.8) is 0 Å². The van der Waals surface area contributed by atoms with Gasteiger partial charge in [0.05, 0.1) is 19.0 Å². The molecule has 26 heavy (non-hydrogen) atoms. The first-order chi connectivity index (χ1) is 12.8. The van der Waals surface area contributed by atoms with E-state index in [0.717, 1.165) is 41.4 Å². The third-order valence-electron chi connectivity index (χ3n) is 4.23. The number of rotatable bonds is 6. The van der Waals surface area contributed by atoms with Crippen molar-refractivity contribution in [3.8, 4) is 17.0 Å². The molecule has 0 spiro atoms. The fourth-order valence-electron chi connectivity index (χ4n) is 2.92. The van der Waals surface area contributed by atoms with Gasteiger partial charge >= 0.3 is 0 Å². The number of hydrogen-bond acceptors (Lipinski definition) is 5. The number of nitrogens with zero attached hydrogens (tertiary/aromatic N) is 4. The zero-order valence-electron chi connectivity index (χ0n) is 14.5. The number of imidazole rings is 1. The SMILES string of the molecule is COc1ccccc1CCNc1ccc2ncc(-c3ccncc3)n2n1. The number of benzene rings is 1. The van der Waals surface area contributed by atoms with Crippen LogP contribution in [0.4, 0.5) is 5.82 Å². The molecule has 0 aliphatic heterocycles. The lowest BCUT2D eigenvalue weighted by atomic mass is 10.1. The van der Waals surface area contributed by atoms with E-state index in [-0.39, 0.29) is 0 Å². The van der Waals surface area contributed by atoms with Crippen LogP contribution in [0.3, 0.4) is 0 Å². The van der Waals surface area contributed by atoms with Gasteiger partial charge in [-0.05, 0) is 42.3 Å². The Hall–Kier alpha value is -3.41. The average molecular weight is 345 g/mol. The van der Waals surface area contributed by atoms with Crippen LogP contribution >= 0.6 is 0 Å². The van der Waals surface area contributed by atoms with E-state index in [9.17, 15) is 0 Å². The van der Waals surface area contributed by atoms with Crippen LogP contribution in [-0.4, -0.2) is 33.2 Å². The summed E-state index contributed by atoms with van der Waals surface area (Å²) >= 11 is 0. The molecule has 0 amide bonds. The highest BCUT2D eigenvalue weighted by Crippen LogP contribution is 2.20. The molecular formula is C20H19N5O. The van der Waals surface area contributed by atoms with Gasteiger partial charge in [0.25, 0.3) is 0 Å². The van der Waals surface area contributed by atoms with Crippen LogP contribution in [0.5, 0.6) is 5.75 Å². The van der Waals surface area contributed by atoms with E-state index in [1.165, 1.54) is 5.56 Å². The zero-order valence-corrected chi connectivity index (χ0v) is 14.5. The van der Waals surface area contributed by atoms with Crippen LogP contribution in [-0.2, 0) is 6.42 Å². The second-order valence-electron chi connectivity index (χ2n) is 5.86. The molecule has 0 saturated heterocycles. The number of aromatic nitrogens is 4. The highest BCUT2D eigenvalue weighted by atomic mass is 16.5. The number of methoxy groups -OCH3 is 1. The molecule has 0 radical (unpaired) electrons. The second-order valence-corrected chi connectivity index (χ2v) is 5.86. The molecule has 6 heteroatoms. The van der Waals surface area contributed by atoms with Gasteiger partial charge in [0.15, 0.2) is 5.65 Å². The van der Waals surface area contributed by atoms with Gasteiger partial charge in [0, 0.05) is 24.5 Å². The molecule has 0 aliphatic rings. The maximum absolute atomic E-state index is 5.40. The minimum absolute atomic E-state index is 0.762. The zero-order chi connectivity index (χ0) is 17.8. The van der Waals surface area contributed by atoms with Crippen LogP contribution in [0.2, 0.25) is 0 Å². The average Bonchev–Trinajstić information content (AvgIpc) is 3.12. The minimum Gasteiger partial charge on any atom is -0.496 e. The summed E-state index contributed by atoms with van der Waals surface area (Å²) in [6.45, 7) is 0.762. The van der Waals surface area contributed by atoms with Crippen molar-refractivity contribution in [1.29, 1.82) is 0 Å². The van der Waals surface area contributed by atoms with Crippen LogP contribution in [0.1, 0.15) is 5.56 Å². The number of ether oxygens (including phenoxy) is 1. The molecule has 0 fully saturated rings. The summed E-state index contributed by atoms with van der Waals surface area (Å²) in [4.78, 5) is 8.49. The predicted octanol–water partition coefficient (Wildman–Crippen LogP) is 3.45. The lowest BCUT2D eigenvalue weighted by Crippen LogP contribution is -2.09. The van der Waals surface area contributed by atoms with Crippen LogP contribution in [0.25, 0.3) is 16.9 Å². The third kappa shape index (κ3) is 3.21. The van der Waals surface area contributed by atoms with Crippen molar-refractivity contribution in [2.24, 2.45) is 0 Å². The second kappa shape index (κ2) is 7.23. The summed E-state index contributed by atoms with van der Waals surface area (Å²) < 4.78 is 7.25. The molecular weight excluding hydrogens is 326 g/mol. The molecule has 4 rings (SSSR count). The Morgan fingerprint density at radius 1 is 1.04 bits per heavy atom. The van der Waals surface area contributed by atoms with E-state index in [0.29, 0.717) is 0 Å². The Bertz CT molecular complexity index is 1010. The van der Waals surface area contributed by atoms with Crippen molar-refractivity contribution >= 4 is 11.5 Å². The smallest absolute Gasteiger partial charge is 0.154 e. The van der Waals surface area contributed by atoms with Gasteiger partial charge in [0.1, 0.15) is 11.6 Å². The molecule has 0 aliphatic carbocycles. The van der Waals surface area contributed by atoms with E-state index < -0.39 is 0 Å². The number of hydrogen-bond donors (Lipinski definition) is 1. The fourth-order valence-corrected chi connectivity index (χ4v) is 2.92. The number of nitrogens with one attached hydrogen (secondary N) is 1. The Morgan fingerprint density at radius 2 is 1.88 bits per heavy atom. The summed E-state index contributed by atoms with van der Waals surface area (Å²) in [6.07, 6.45) is 6.22. The lowest BCUT2D eigenvalue weighted by Gasteiger charge is -2.10. The number of fused-ring (bicyclic) bond motifs is 1. The van der Waals surface area contributed by atoms with E-state index in [1.807, 2.05) is 53.2 Å². The van der Waals surface area contributed by atoms with Gasteiger partial charge < -0.3 is 10.1 Å². The highest BCUT2D eigenvalue weighted by Gasteiger charge is 2.08. The molecule has 0 bridgehead atoms. The molecule has 1 aromatic carbocycles. The standard InChI is InChI=1S/C20H19N5O/c1-26-18-5-3-2-4-16(18)10-13-22-19-6-7-20-23-14-17(25(20)24-19)15-8-11-21-12-9-15/h2-9,11-12,14H,10,13H2,1H3,(H,22,24). The normalized spacial score (nSPS) is 10.8. The highest BCUT2D eigenvalue weighted by molar-refractivity contribution is 5.63. The maximum atomic E-state index is 5.40. The molecule has 1 N–H and O–H groups in total. The summed E-state index contributed by atoms with van der Waals surface area (Å²) in [5, 5.41) is 8.05. The van der Waals surface area contributed by atoms with E-state index in [1.54, 1.807) is 19.5 Å². The van der Waals surface area contributed by atoms with Crippen molar-refractivity contribution in [2.75, 3.05) is 19.0 Å². The van der Waals surface area contributed by atoms with Gasteiger partial charge in [-0.2, -0.15) is 0 Å². The first kappa shape index (κ1) is 16.1. The van der Waals surface area contributed by atoms with Crippen LogP contribution in [0.15, 0.2) is 67.1 Å². The molecule has 4 aromatic rings. The molecule has 3 heterocycles. The summed E-state index contributed by atoms with van der Waals surface area (Å²) in [5.41, 5.74) is 3.96. The van der Waals surface area contributed by atoms with Gasteiger partial charge in [0.2, 0.25) is 0 Å². The summed E-state index contributed by atoms with van der Waals surface area (Å²) in [5.74, 6) is 1.72. The lowest BCUT2D eigenvalue weighted by molar-refractivity contribution is 0.410. The monoisotopic (exact) mass is 345 g/mol. The fraction of sp³-hybridized carbons (Fsp3) is 0.150. The number of para-hydroxylation sites is 1. The first-order valence-electron chi connectivity index (χ1n) is 8.46. The quantitative estimate of drug-likeness (QED) is 0.580. The number of pyridine rings is 1. The molecule has 6 nitrogen and oxygen atoms in total. The summed E-state index contributed by atoms with van der Waals surface area (Å²) in [6, 6.07) is 15.9. The van der Waals surface area contributed by atoms with E-state index >= 15 is 0 Å². The largest absolute Gasteiger partial charge is 0.496 e. The van der Waals surface area contributed by atoms with Crippen molar-refractivity contribution < 1.29 is 4.74 Å². The Labute approximate surface area is 151 Å². The van der Waals surface area contributed by atoms with Crippen molar-refractivity contribution in [3.05, 3.63) is 72.7 Å². The van der Waals surface area contributed by atoms with Gasteiger partial charge in [-0.15, -0.1) is 5.10 Å².